The van der Waals surface area contributed by atoms with Crippen molar-refractivity contribution in [1.82, 2.24) is 5.43 Å². The SMILES string of the molecule is COc1ccc(S(=O)(=O)N(CC(=O)N/N=C\c2cc(OC)ccc2OC)c2ccccc2OC)cc1. The number of rotatable bonds is 11. The van der Waals surface area contributed by atoms with Crippen LogP contribution in [0, 0.1) is 0 Å². The Bertz CT molecular complexity index is 1330. The highest BCUT2D eigenvalue weighted by atomic mass is 32.2. The number of hydrogen-bond donors (Lipinski definition) is 1. The van der Waals surface area contributed by atoms with Gasteiger partial charge in [0, 0.05) is 5.56 Å². The molecule has 36 heavy (non-hydrogen) atoms. The van der Waals surface area contributed by atoms with E-state index in [2.05, 4.69) is 10.5 Å². The lowest BCUT2D eigenvalue weighted by Crippen LogP contribution is -2.39. The van der Waals surface area contributed by atoms with Crippen LogP contribution in [0.5, 0.6) is 23.0 Å². The van der Waals surface area contributed by atoms with Gasteiger partial charge in [0.2, 0.25) is 0 Å². The van der Waals surface area contributed by atoms with Crippen molar-refractivity contribution < 1.29 is 32.2 Å². The van der Waals surface area contributed by atoms with Crippen LogP contribution < -0.4 is 28.7 Å². The smallest absolute Gasteiger partial charge is 0.264 e. The summed E-state index contributed by atoms with van der Waals surface area (Å²) < 4.78 is 49.1. The van der Waals surface area contributed by atoms with E-state index in [1.807, 2.05) is 0 Å². The zero-order chi connectivity index (χ0) is 26.1. The number of carbonyl (C=O) groups excluding carboxylic acids is 1. The average molecular weight is 514 g/mol. The summed E-state index contributed by atoms with van der Waals surface area (Å²) in [4.78, 5) is 12.8. The number of para-hydroxylation sites is 2. The first-order valence-electron chi connectivity index (χ1n) is 10.7. The van der Waals surface area contributed by atoms with Crippen molar-refractivity contribution in [3.63, 3.8) is 0 Å². The molecular formula is C25H27N3O7S. The van der Waals surface area contributed by atoms with Crippen molar-refractivity contribution in [1.29, 1.82) is 0 Å². The molecule has 0 unspecified atom stereocenters. The summed E-state index contributed by atoms with van der Waals surface area (Å²) in [6, 6.07) is 17.5. The first-order valence-corrected chi connectivity index (χ1v) is 12.1. The van der Waals surface area contributed by atoms with Crippen LogP contribution in [0.4, 0.5) is 5.69 Å². The number of hydrazone groups is 1. The molecule has 0 aliphatic carbocycles. The number of nitrogens with one attached hydrogen (secondary N) is 1. The molecule has 0 aliphatic rings. The highest BCUT2D eigenvalue weighted by molar-refractivity contribution is 7.92. The van der Waals surface area contributed by atoms with Crippen molar-refractivity contribution in [2.24, 2.45) is 5.10 Å². The molecule has 0 aliphatic heterocycles. The highest BCUT2D eigenvalue weighted by Gasteiger charge is 2.29. The molecule has 1 amide bonds. The summed E-state index contributed by atoms with van der Waals surface area (Å²) in [5.74, 6) is 1.21. The minimum atomic E-state index is -4.16. The third kappa shape index (κ3) is 6.05. The summed E-state index contributed by atoms with van der Waals surface area (Å²) in [5, 5.41) is 3.96. The van der Waals surface area contributed by atoms with E-state index in [1.165, 1.54) is 58.9 Å². The maximum absolute atomic E-state index is 13.6. The second-order valence-electron chi connectivity index (χ2n) is 7.26. The minimum absolute atomic E-state index is 0.0216. The van der Waals surface area contributed by atoms with Gasteiger partial charge in [0.05, 0.1) is 45.2 Å². The lowest BCUT2D eigenvalue weighted by molar-refractivity contribution is -0.119. The molecule has 0 fully saturated rings. The number of hydrogen-bond acceptors (Lipinski definition) is 8. The Hall–Kier alpha value is -4.25. The van der Waals surface area contributed by atoms with Crippen LogP contribution in [-0.2, 0) is 14.8 Å². The fourth-order valence-electron chi connectivity index (χ4n) is 3.29. The maximum atomic E-state index is 13.6. The summed E-state index contributed by atoms with van der Waals surface area (Å²) in [6.45, 7) is -0.554. The van der Waals surface area contributed by atoms with Gasteiger partial charge in [-0.2, -0.15) is 5.10 Å². The molecule has 1 N–H and O–H groups in total. The second-order valence-corrected chi connectivity index (χ2v) is 9.12. The molecule has 0 aromatic heterocycles. The fourth-order valence-corrected chi connectivity index (χ4v) is 4.72. The molecule has 0 atom stereocenters. The van der Waals surface area contributed by atoms with Crippen molar-refractivity contribution >= 4 is 27.8 Å². The van der Waals surface area contributed by atoms with Gasteiger partial charge in [0.15, 0.2) is 0 Å². The van der Waals surface area contributed by atoms with Crippen LogP contribution in [0.25, 0.3) is 0 Å². The van der Waals surface area contributed by atoms with Gasteiger partial charge in [-0.25, -0.2) is 13.8 Å². The van der Waals surface area contributed by atoms with Gasteiger partial charge in [-0.1, -0.05) is 12.1 Å². The molecule has 0 heterocycles. The van der Waals surface area contributed by atoms with E-state index in [4.69, 9.17) is 18.9 Å². The standard InChI is InChI=1S/C25H27N3O7S/c1-32-19-9-12-21(13-10-19)36(30,31)28(22-7-5-6-8-24(22)35-4)17-25(29)27-26-16-18-15-20(33-2)11-14-23(18)34-3/h5-16H,17H2,1-4H3,(H,27,29)/b26-16-. The molecule has 10 nitrogen and oxygen atoms in total. The van der Waals surface area contributed by atoms with Crippen LogP contribution in [0.15, 0.2) is 76.7 Å². The van der Waals surface area contributed by atoms with Crippen molar-refractivity contribution in [3.05, 3.63) is 72.3 Å². The Morgan fingerprint density at radius 1 is 0.861 bits per heavy atom. The molecule has 11 heteroatoms. The molecule has 0 bridgehead atoms. The minimum Gasteiger partial charge on any atom is -0.497 e. The molecule has 0 saturated carbocycles. The van der Waals surface area contributed by atoms with Gasteiger partial charge < -0.3 is 18.9 Å². The van der Waals surface area contributed by atoms with Gasteiger partial charge in [-0.15, -0.1) is 0 Å². The predicted octanol–water partition coefficient (Wildman–Crippen LogP) is 3.07. The molecule has 0 saturated heterocycles. The fraction of sp³-hybridized carbons (Fsp3) is 0.200. The second kappa shape index (κ2) is 11.9. The van der Waals surface area contributed by atoms with Crippen LogP contribution in [0.2, 0.25) is 0 Å². The number of anilines is 1. The summed E-state index contributed by atoms with van der Waals surface area (Å²) >= 11 is 0. The number of benzene rings is 3. The molecule has 3 rings (SSSR count). The normalized spacial score (nSPS) is 11.1. The third-order valence-corrected chi connectivity index (χ3v) is 6.89. The molecular weight excluding hydrogens is 486 g/mol. The average Bonchev–Trinajstić information content (AvgIpc) is 2.91. The summed E-state index contributed by atoms with van der Waals surface area (Å²) in [7, 11) is 1.78. The van der Waals surface area contributed by atoms with E-state index in [0.717, 1.165) is 4.31 Å². The molecule has 0 spiro atoms. The Morgan fingerprint density at radius 2 is 1.50 bits per heavy atom. The van der Waals surface area contributed by atoms with Gasteiger partial charge in [-0.05, 0) is 54.6 Å². The lowest BCUT2D eigenvalue weighted by Gasteiger charge is -2.25. The molecule has 0 radical (unpaired) electrons. The van der Waals surface area contributed by atoms with Gasteiger partial charge in [-0.3, -0.25) is 9.10 Å². The monoisotopic (exact) mass is 513 g/mol. The van der Waals surface area contributed by atoms with Crippen molar-refractivity contribution in [2.75, 3.05) is 39.3 Å². The largest absolute Gasteiger partial charge is 0.497 e. The van der Waals surface area contributed by atoms with E-state index in [0.29, 0.717) is 22.8 Å². The number of ether oxygens (including phenoxy) is 4. The Morgan fingerprint density at radius 3 is 2.14 bits per heavy atom. The van der Waals surface area contributed by atoms with Crippen molar-refractivity contribution in [2.45, 2.75) is 4.90 Å². The van der Waals surface area contributed by atoms with E-state index in [1.54, 1.807) is 42.5 Å². The van der Waals surface area contributed by atoms with Gasteiger partial charge in [0.25, 0.3) is 15.9 Å². The third-order valence-electron chi connectivity index (χ3n) is 5.12. The number of nitrogens with zero attached hydrogens (tertiary/aromatic N) is 2. The molecule has 190 valence electrons. The first kappa shape index (κ1) is 26.4. The van der Waals surface area contributed by atoms with Crippen LogP contribution in [0.3, 0.4) is 0 Å². The zero-order valence-electron chi connectivity index (χ0n) is 20.3. The van der Waals surface area contributed by atoms with E-state index >= 15 is 0 Å². The van der Waals surface area contributed by atoms with Crippen LogP contribution in [0.1, 0.15) is 5.56 Å². The van der Waals surface area contributed by atoms with Crippen LogP contribution in [-0.4, -0.2) is 55.5 Å². The number of methoxy groups -OCH3 is 4. The van der Waals surface area contributed by atoms with Gasteiger partial charge in [0.1, 0.15) is 29.5 Å². The Balaban J connectivity index is 1.89. The van der Waals surface area contributed by atoms with E-state index < -0.39 is 22.5 Å². The quantitative estimate of drug-likeness (QED) is 0.309. The number of sulfonamides is 1. The number of amides is 1. The number of carbonyl (C=O) groups is 1. The topological polar surface area (TPSA) is 116 Å². The zero-order valence-corrected chi connectivity index (χ0v) is 21.1. The Labute approximate surface area is 210 Å². The maximum Gasteiger partial charge on any atom is 0.264 e. The summed E-state index contributed by atoms with van der Waals surface area (Å²) in [6.07, 6.45) is 1.38. The highest BCUT2D eigenvalue weighted by Crippen LogP contribution is 2.32. The molecule has 3 aromatic carbocycles. The Kier molecular flexibility index (Phi) is 8.74. The summed E-state index contributed by atoms with van der Waals surface area (Å²) in [5.41, 5.74) is 3.13. The first-order chi connectivity index (χ1) is 17.3. The van der Waals surface area contributed by atoms with Crippen molar-refractivity contribution in [3.8, 4) is 23.0 Å². The van der Waals surface area contributed by atoms with E-state index in [-0.39, 0.29) is 16.3 Å². The lowest BCUT2D eigenvalue weighted by atomic mass is 10.2. The molecule has 3 aromatic rings. The predicted molar refractivity (Wildman–Crippen MR) is 136 cm³/mol. The van der Waals surface area contributed by atoms with E-state index in [9.17, 15) is 13.2 Å². The van der Waals surface area contributed by atoms with Crippen LogP contribution >= 0.6 is 0 Å². The van der Waals surface area contributed by atoms with Gasteiger partial charge >= 0.3 is 0 Å².